The number of unbranched alkanes of at least 4 members (excludes halogenated alkanes) is 1. The zero-order valence-corrected chi connectivity index (χ0v) is 21.5. The van der Waals surface area contributed by atoms with Crippen molar-refractivity contribution < 1.29 is 23.0 Å². The van der Waals surface area contributed by atoms with Crippen molar-refractivity contribution in [3.63, 3.8) is 0 Å². The van der Waals surface area contributed by atoms with E-state index in [9.17, 15) is 18.3 Å². The van der Waals surface area contributed by atoms with Gasteiger partial charge in [-0.05, 0) is 42.0 Å². The molecule has 4 rings (SSSR count). The Morgan fingerprint density at radius 1 is 1.11 bits per heavy atom. The number of aliphatic hydroxyl groups is 1. The van der Waals surface area contributed by atoms with Gasteiger partial charge in [0.25, 0.3) is 0 Å². The molecule has 0 saturated carbocycles. The van der Waals surface area contributed by atoms with Crippen molar-refractivity contribution >= 4 is 46.0 Å². The van der Waals surface area contributed by atoms with E-state index in [-0.39, 0.29) is 27.8 Å². The number of nitrogens with one attached hydrogen (secondary N) is 1. The Kier molecular flexibility index (Phi) is 8.40. The predicted octanol–water partition coefficient (Wildman–Crippen LogP) is 8.45. The van der Waals surface area contributed by atoms with E-state index < -0.39 is 18.0 Å². The average Bonchev–Trinajstić information content (AvgIpc) is 3.24. The number of hydrogen-bond acceptors (Lipinski definition) is 4. The van der Waals surface area contributed by atoms with Crippen LogP contribution in [0.4, 0.5) is 13.2 Å². The number of nitrogens with zero attached hydrogens (tertiary/aromatic N) is 1. The molecule has 36 heavy (non-hydrogen) atoms. The van der Waals surface area contributed by atoms with Gasteiger partial charge in [-0.3, -0.25) is 0 Å². The molecule has 0 aliphatic carbocycles. The molecule has 1 atom stereocenters. The van der Waals surface area contributed by atoms with Crippen LogP contribution in [0.15, 0.2) is 59.5 Å². The molecule has 10 heteroatoms. The lowest BCUT2D eigenvalue weighted by atomic mass is 9.99. The number of H-pyrrole nitrogens is 1. The highest BCUT2D eigenvalue weighted by Crippen LogP contribution is 2.44. The lowest BCUT2D eigenvalue weighted by molar-refractivity contribution is -0.274. The summed E-state index contributed by atoms with van der Waals surface area (Å²) in [6.07, 6.45) is -2.60. The van der Waals surface area contributed by atoms with Crippen molar-refractivity contribution in [2.45, 2.75) is 36.9 Å². The van der Waals surface area contributed by atoms with Crippen LogP contribution in [0.2, 0.25) is 10.0 Å². The highest BCUT2D eigenvalue weighted by molar-refractivity contribution is 7.99. The summed E-state index contributed by atoms with van der Waals surface area (Å²) in [5, 5.41) is 10.4. The van der Waals surface area contributed by atoms with E-state index in [1.54, 1.807) is 23.9 Å². The van der Waals surface area contributed by atoms with Crippen LogP contribution < -0.4 is 4.74 Å². The molecule has 1 heterocycles. The number of ether oxygens (including phenoxy) is 1. The summed E-state index contributed by atoms with van der Waals surface area (Å²) in [5.41, 5.74) is 1.97. The number of aromatic amines is 1. The second-order valence-corrected chi connectivity index (χ2v) is 10.1. The summed E-state index contributed by atoms with van der Waals surface area (Å²) in [6, 6.07) is 15.1. The number of para-hydroxylation sites is 1. The molecule has 0 spiro atoms. The van der Waals surface area contributed by atoms with Crippen LogP contribution in [0.1, 0.15) is 37.1 Å². The van der Waals surface area contributed by atoms with Crippen molar-refractivity contribution in [1.82, 2.24) is 9.97 Å². The van der Waals surface area contributed by atoms with Gasteiger partial charge in [-0.1, -0.05) is 66.9 Å². The van der Waals surface area contributed by atoms with E-state index in [0.29, 0.717) is 16.9 Å². The largest absolute Gasteiger partial charge is 0.573 e. The van der Waals surface area contributed by atoms with Gasteiger partial charge in [0.2, 0.25) is 0 Å². The number of rotatable bonds is 9. The molecule has 1 aromatic heterocycles. The van der Waals surface area contributed by atoms with Gasteiger partial charge in [-0.15, -0.1) is 24.9 Å². The van der Waals surface area contributed by atoms with Gasteiger partial charge in [0.1, 0.15) is 17.1 Å². The zero-order valence-electron chi connectivity index (χ0n) is 19.2. The van der Waals surface area contributed by atoms with Crippen molar-refractivity contribution in [1.29, 1.82) is 0 Å². The van der Waals surface area contributed by atoms with Crippen LogP contribution in [-0.2, 0) is 0 Å². The maximum atomic E-state index is 13.0. The van der Waals surface area contributed by atoms with Crippen LogP contribution in [-0.4, -0.2) is 33.8 Å². The molecule has 0 saturated heterocycles. The minimum Gasteiger partial charge on any atom is -0.405 e. The fraction of sp³-hybridized carbons (Fsp3) is 0.269. The summed E-state index contributed by atoms with van der Waals surface area (Å²) >= 11 is 14.9. The average molecular weight is 555 g/mol. The second-order valence-electron chi connectivity index (χ2n) is 8.12. The molecule has 1 unspecified atom stereocenters. The third kappa shape index (κ3) is 5.94. The third-order valence-corrected chi connectivity index (χ3v) is 7.40. The number of imidazole rings is 1. The van der Waals surface area contributed by atoms with E-state index in [0.717, 1.165) is 29.1 Å². The summed E-state index contributed by atoms with van der Waals surface area (Å²) in [7, 11) is 0. The minimum atomic E-state index is -4.88. The molecule has 2 N–H and O–H groups in total. The van der Waals surface area contributed by atoms with Crippen molar-refractivity contribution in [3.05, 3.63) is 76.0 Å². The molecular formula is C26H23Cl2F3N2O2S. The molecular weight excluding hydrogens is 532 g/mol. The highest BCUT2D eigenvalue weighted by Gasteiger charge is 2.33. The van der Waals surface area contributed by atoms with Crippen molar-refractivity contribution in [2.24, 2.45) is 0 Å². The van der Waals surface area contributed by atoms with Crippen LogP contribution >= 0.6 is 35.0 Å². The third-order valence-electron chi connectivity index (χ3n) is 5.63. The van der Waals surface area contributed by atoms with Crippen LogP contribution in [0, 0.1) is 0 Å². The number of alkyl halides is 3. The van der Waals surface area contributed by atoms with E-state index >= 15 is 0 Å². The number of fused-ring (bicyclic) bond motifs is 1. The lowest BCUT2D eigenvalue weighted by Crippen LogP contribution is -2.17. The topological polar surface area (TPSA) is 58.1 Å². The first kappa shape index (κ1) is 26.7. The van der Waals surface area contributed by atoms with E-state index in [4.69, 9.17) is 23.2 Å². The van der Waals surface area contributed by atoms with Gasteiger partial charge in [0.15, 0.2) is 0 Å². The number of hydrogen-bond donors (Lipinski definition) is 2. The Morgan fingerprint density at radius 2 is 1.83 bits per heavy atom. The number of halogens is 5. The van der Waals surface area contributed by atoms with Gasteiger partial charge in [0, 0.05) is 16.0 Å². The Morgan fingerprint density at radius 3 is 2.50 bits per heavy atom. The monoisotopic (exact) mass is 554 g/mol. The van der Waals surface area contributed by atoms with Crippen LogP contribution in [0.5, 0.6) is 5.75 Å². The van der Waals surface area contributed by atoms with Gasteiger partial charge in [0.05, 0.1) is 28.1 Å². The predicted molar refractivity (Wildman–Crippen MR) is 139 cm³/mol. The lowest BCUT2D eigenvalue weighted by Gasteiger charge is -2.15. The quantitative estimate of drug-likeness (QED) is 0.161. The summed E-state index contributed by atoms with van der Waals surface area (Å²) in [5.74, 6) is 0.635. The molecule has 190 valence electrons. The molecule has 0 fully saturated rings. The SMILES string of the molecule is CCCCSc1ccc(C(CO)c2nc3c(Cl)c(-c4ccccc4OC(F)(F)F)c(Cl)cc3[nH]2)cc1. The van der Waals surface area contributed by atoms with Gasteiger partial charge in [-0.25, -0.2) is 4.98 Å². The molecule has 3 aromatic carbocycles. The van der Waals surface area contributed by atoms with Gasteiger partial charge >= 0.3 is 6.36 Å². The number of thioether (sulfide) groups is 1. The zero-order chi connectivity index (χ0) is 25.9. The second kappa shape index (κ2) is 11.3. The molecule has 4 aromatic rings. The fourth-order valence-corrected chi connectivity index (χ4v) is 5.58. The van der Waals surface area contributed by atoms with Crippen LogP contribution in [0.3, 0.4) is 0 Å². The summed E-state index contributed by atoms with van der Waals surface area (Å²) < 4.78 is 43.1. The standard InChI is InChI=1S/C26H23Cl2F3N2O2S/c1-2-3-12-36-16-10-8-15(9-11-16)18(14-34)25-32-20-13-19(27)22(23(28)24(20)33-25)17-6-4-5-7-21(17)35-26(29,30)31/h4-11,13,18,34H,2-3,12,14H2,1H3,(H,32,33). The van der Waals surface area contributed by atoms with Crippen molar-refractivity contribution in [2.75, 3.05) is 12.4 Å². The summed E-state index contributed by atoms with van der Waals surface area (Å²) in [4.78, 5) is 8.90. The molecule has 0 aliphatic rings. The van der Waals surface area contributed by atoms with E-state index in [1.165, 1.54) is 18.2 Å². The maximum Gasteiger partial charge on any atom is 0.573 e. The Labute approximate surface area is 220 Å². The van der Waals surface area contributed by atoms with Gasteiger partial charge < -0.3 is 14.8 Å². The minimum absolute atomic E-state index is 0.0811. The number of aromatic nitrogens is 2. The fourth-order valence-electron chi connectivity index (χ4n) is 3.88. The Balaban J connectivity index is 1.71. The Bertz CT molecular complexity index is 1340. The normalized spacial score (nSPS) is 12.8. The maximum absolute atomic E-state index is 13.0. The van der Waals surface area contributed by atoms with Crippen LogP contribution in [0.25, 0.3) is 22.2 Å². The Hall–Kier alpha value is -2.39. The van der Waals surface area contributed by atoms with Gasteiger partial charge in [-0.2, -0.15) is 0 Å². The first-order valence-electron chi connectivity index (χ1n) is 11.3. The first-order valence-corrected chi connectivity index (χ1v) is 13.0. The molecule has 0 amide bonds. The first-order chi connectivity index (χ1) is 17.2. The summed E-state index contributed by atoms with van der Waals surface area (Å²) in [6.45, 7) is 1.95. The number of aliphatic hydroxyl groups excluding tert-OH is 1. The van der Waals surface area contributed by atoms with Crippen molar-refractivity contribution in [3.8, 4) is 16.9 Å². The van der Waals surface area contributed by atoms with E-state index in [1.807, 2.05) is 24.3 Å². The molecule has 0 radical (unpaired) electrons. The number of benzene rings is 3. The molecule has 0 aliphatic heterocycles. The smallest absolute Gasteiger partial charge is 0.405 e. The van der Waals surface area contributed by atoms with E-state index in [2.05, 4.69) is 21.6 Å². The molecule has 0 bridgehead atoms. The molecule has 4 nitrogen and oxygen atoms in total. The highest BCUT2D eigenvalue weighted by atomic mass is 35.5.